The van der Waals surface area contributed by atoms with Gasteiger partial charge in [-0.2, -0.15) is 17.0 Å². The monoisotopic (exact) mass is 299 g/mol. The number of hydrogen-bond acceptors (Lipinski definition) is 3. The van der Waals surface area contributed by atoms with Crippen LogP contribution in [0.4, 0.5) is 5.69 Å². The number of anilines is 1. The predicted molar refractivity (Wildman–Crippen MR) is 83.4 cm³/mol. The van der Waals surface area contributed by atoms with E-state index in [4.69, 9.17) is 5.73 Å². The van der Waals surface area contributed by atoms with E-state index in [0.717, 1.165) is 12.0 Å². The van der Waals surface area contributed by atoms with Crippen molar-refractivity contribution in [2.75, 3.05) is 25.4 Å². The van der Waals surface area contributed by atoms with Crippen LogP contribution in [0.3, 0.4) is 0 Å². The third-order valence-electron chi connectivity index (χ3n) is 3.14. The third-order valence-corrected chi connectivity index (χ3v) is 5.27. The maximum atomic E-state index is 12.6. The minimum atomic E-state index is -3.41. The van der Waals surface area contributed by atoms with Crippen LogP contribution in [0, 0.1) is 0 Å². The van der Waals surface area contributed by atoms with Gasteiger partial charge >= 0.3 is 0 Å². The van der Waals surface area contributed by atoms with E-state index in [2.05, 4.69) is 0 Å². The Labute approximate surface area is 122 Å². The van der Waals surface area contributed by atoms with E-state index in [1.807, 2.05) is 39.0 Å². The number of nitrogens with two attached hydrogens (primary N) is 1. The molecule has 0 aliphatic rings. The Balaban J connectivity index is 2.99. The second-order valence-electron chi connectivity index (χ2n) is 4.67. The Morgan fingerprint density at radius 1 is 1.10 bits per heavy atom. The fraction of sp³-hybridized carbons (Fsp3) is 0.571. The highest BCUT2D eigenvalue weighted by molar-refractivity contribution is 7.86. The lowest BCUT2D eigenvalue weighted by atomic mass is 10.2. The van der Waals surface area contributed by atoms with E-state index < -0.39 is 10.2 Å². The Morgan fingerprint density at radius 3 is 2.25 bits per heavy atom. The largest absolute Gasteiger partial charge is 0.399 e. The van der Waals surface area contributed by atoms with Crippen molar-refractivity contribution in [3.63, 3.8) is 0 Å². The van der Waals surface area contributed by atoms with Crippen molar-refractivity contribution < 1.29 is 8.42 Å². The Morgan fingerprint density at radius 2 is 1.75 bits per heavy atom. The van der Waals surface area contributed by atoms with E-state index >= 15 is 0 Å². The van der Waals surface area contributed by atoms with Gasteiger partial charge in [0.05, 0.1) is 0 Å². The molecule has 20 heavy (non-hydrogen) atoms. The highest BCUT2D eigenvalue weighted by atomic mass is 32.2. The predicted octanol–water partition coefficient (Wildman–Crippen LogP) is 2.07. The van der Waals surface area contributed by atoms with Gasteiger partial charge in [0.15, 0.2) is 0 Å². The summed E-state index contributed by atoms with van der Waals surface area (Å²) in [6.45, 7) is 7.51. The molecule has 0 saturated heterocycles. The molecule has 0 radical (unpaired) electrons. The SMILES string of the molecule is CCCN(Cc1cccc(N)c1)S(=O)(=O)N(CC)CC. The van der Waals surface area contributed by atoms with Gasteiger partial charge < -0.3 is 5.73 Å². The van der Waals surface area contributed by atoms with Crippen LogP contribution in [0.2, 0.25) is 0 Å². The first-order valence-corrected chi connectivity index (χ1v) is 8.45. The molecule has 0 fully saturated rings. The molecule has 0 aromatic heterocycles. The standard InChI is InChI=1S/C14H25N3O2S/c1-4-10-17(20(18,19)16(5-2)6-3)12-13-8-7-9-14(15)11-13/h7-9,11H,4-6,10,12,15H2,1-3H3. The van der Waals surface area contributed by atoms with Crippen LogP contribution < -0.4 is 5.73 Å². The molecule has 0 amide bonds. The normalized spacial score (nSPS) is 12.2. The molecule has 1 aromatic rings. The zero-order chi connectivity index (χ0) is 15.2. The van der Waals surface area contributed by atoms with Gasteiger partial charge in [-0.25, -0.2) is 0 Å². The van der Waals surface area contributed by atoms with Gasteiger partial charge in [0, 0.05) is 31.9 Å². The lowest BCUT2D eigenvalue weighted by molar-refractivity contribution is 0.343. The molecule has 0 bridgehead atoms. The van der Waals surface area contributed by atoms with Crippen molar-refractivity contribution >= 4 is 15.9 Å². The van der Waals surface area contributed by atoms with Gasteiger partial charge in [0.1, 0.15) is 0 Å². The van der Waals surface area contributed by atoms with E-state index in [1.54, 1.807) is 6.07 Å². The maximum Gasteiger partial charge on any atom is 0.282 e. The third kappa shape index (κ3) is 4.19. The van der Waals surface area contributed by atoms with Gasteiger partial charge in [0.25, 0.3) is 10.2 Å². The minimum Gasteiger partial charge on any atom is -0.399 e. The summed E-state index contributed by atoms with van der Waals surface area (Å²) < 4.78 is 28.2. The summed E-state index contributed by atoms with van der Waals surface area (Å²) in [6.07, 6.45) is 0.781. The van der Waals surface area contributed by atoms with Crippen molar-refractivity contribution in [2.24, 2.45) is 0 Å². The van der Waals surface area contributed by atoms with E-state index in [0.29, 0.717) is 31.9 Å². The lowest BCUT2D eigenvalue weighted by Gasteiger charge is -2.28. The number of nitrogen functional groups attached to an aromatic ring is 1. The van der Waals surface area contributed by atoms with Crippen LogP contribution in [0.5, 0.6) is 0 Å². The molecular weight excluding hydrogens is 274 g/mol. The van der Waals surface area contributed by atoms with Crippen molar-refractivity contribution in [3.8, 4) is 0 Å². The first kappa shape index (κ1) is 16.9. The molecule has 0 saturated carbocycles. The minimum absolute atomic E-state index is 0.359. The van der Waals surface area contributed by atoms with E-state index in [-0.39, 0.29) is 0 Å². The number of nitrogens with zero attached hydrogens (tertiary/aromatic N) is 2. The molecule has 0 aliphatic carbocycles. The molecule has 0 unspecified atom stereocenters. The average Bonchev–Trinajstić information content (AvgIpc) is 2.39. The molecule has 0 spiro atoms. The summed E-state index contributed by atoms with van der Waals surface area (Å²) in [7, 11) is -3.41. The Kier molecular flexibility index (Phi) is 6.45. The van der Waals surface area contributed by atoms with Crippen LogP contribution >= 0.6 is 0 Å². The molecule has 0 heterocycles. The fourth-order valence-electron chi connectivity index (χ4n) is 2.13. The number of hydrogen-bond donors (Lipinski definition) is 1. The van der Waals surface area contributed by atoms with Gasteiger partial charge in [-0.3, -0.25) is 0 Å². The second kappa shape index (κ2) is 7.61. The molecule has 6 heteroatoms. The van der Waals surface area contributed by atoms with E-state index in [9.17, 15) is 8.42 Å². The highest BCUT2D eigenvalue weighted by Gasteiger charge is 2.26. The van der Waals surface area contributed by atoms with E-state index in [1.165, 1.54) is 8.61 Å². The first-order chi connectivity index (χ1) is 9.45. The zero-order valence-corrected chi connectivity index (χ0v) is 13.4. The zero-order valence-electron chi connectivity index (χ0n) is 12.5. The molecule has 1 aromatic carbocycles. The summed E-state index contributed by atoms with van der Waals surface area (Å²) in [5, 5.41) is 0. The van der Waals surface area contributed by atoms with Crippen molar-refractivity contribution in [2.45, 2.75) is 33.7 Å². The highest BCUT2D eigenvalue weighted by Crippen LogP contribution is 2.15. The molecule has 2 N–H and O–H groups in total. The van der Waals surface area contributed by atoms with Crippen LogP contribution in [-0.4, -0.2) is 36.7 Å². The van der Waals surface area contributed by atoms with Crippen LogP contribution in [0.15, 0.2) is 24.3 Å². The van der Waals surface area contributed by atoms with Gasteiger partial charge in [-0.15, -0.1) is 0 Å². The maximum absolute atomic E-state index is 12.6. The van der Waals surface area contributed by atoms with Gasteiger partial charge in [-0.05, 0) is 24.1 Å². The topological polar surface area (TPSA) is 66.6 Å². The van der Waals surface area contributed by atoms with Crippen LogP contribution in [0.25, 0.3) is 0 Å². The van der Waals surface area contributed by atoms with Gasteiger partial charge in [-0.1, -0.05) is 32.9 Å². The van der Waals surface area contributed by atoms with Crippen molar-refractivity contribution in [3.05, 3.63) is 29.8 Å². The van der Waals surface area contributed by atoms with Gasteiger partial charge in [0.2, 0.25) is 0 Å². The molecule has 0 aliphatic heterocycles. The lowest BCUT2D eigenvalue weighted by Crippen LogP contribution is -2.43. The molecular formula is C14H25N3O2S. The Bertz CT molecular complexity index is 513. The quantitative estimate of drug-likeness (QED) is 0.747. The summed E-state index contributed by atoms with van der Waals surface area (Å²) in [4.78, 5) is 0. The summed E-state index contributed by atoms with van der Waals surface area (Å²) in [5.74, 6) is 0. The summed E-state index contributed by atoms with van der Waals surface area (Å²) >= 11 is 0. The molecule has 1 rings (SSSR count). The van der Waals surface area contributed by atoms with Crippen molar-refractivity contribution in [1.82, 2.24) is 8.61 Å². The number of benzene rings is 1. The molecule has 5 nitrogen and oxygen atoms in total. The van der Waals surface area contributed by atoms with Crippen LogP contribution in [0.1, 0.15) is 32.8 Å². The van der Waals surface area contributed by atoms with Crippen molar-refractivity contribution in [1.29, 1.82) is 0 Å². The summed E-state index contributed by atoms with van der Waals surface area (Å²) in [5.41, 5.74) is 7.31. The molecule has 0 atom stereocenters. The molecule has 114 valence electrons. The number of rotatable bonds is 8. The summed E-state index contributed by atoms with van der Waals surface area (Å²) in [6, 6.07) is 7.36. The Hall–Kier alpha value is -1.11. The second-order valence-corrected chi connectivity index (χ2v) is 6.60. The average molecular weight is 299 g/mol. The first-order valence-electron chi connectivity index (χ1n) is 7.05. The fourth-order valence-corrected chi connectivity index (χ4v) is 3.84. The van der Waals surface area contributed by atoms with Crippen LogP contribution in [-0.2, 0) is 16.8 Å². The smallest absolute Gasteiger partial charge is 0.282 e.